The Kier molecular flexibility index (Phi) is 8.84. The first kappa shape index (κ1) is 30.2. The van der Waals surface area contributed by atoms with Gasteiger partial charge in [-0.25, -0.2) is 9.20 Å². The van der Waals surface area contributed by atoms with Crippen molar-refractivity contribution in [2.45, 2.75) is 27.3 Å². The number of carbonyl (C=O) groups excluding carboxylic acids is 1. The van der Waals surface area contributed by atoms with E-state index in [9.17, 15) is 9.59 Å². The van der Waals surface area contributed by atoms with Gasteiger partial charge in [-0.15, -0.1) is 0 Å². The lowest BCUT2D eigenvalue weighted by molar-refractivity contribution is -0.116. The lowest BCUT2D eigenvalue weighted by Gasteiger charge is -2.16. The van der Waals surface area contributed by atoms with E-state index in [0.717, 1.165) is 34.5 Å². The molecule has 10 nitrogen and oxygen atoms in total. The highest BCUT2D eigenvalue weighted by Gasteiger charge is 2.19. The molecule has 0 atom stereocenters. The van der Waals surface area contributed by atoms with Crippen LogP contribution in [0.15, 0.2) is 65.2 Å². The van der Waals surface area contributed by atoms with Crippen LogP contribution >= 0.6 is 23.2 Å². The van der Waals surface area contributed by atoms with Crippen LogP contribution in [0.1, 0.15) is 18.3 Å². The first-order valence-electron chi connectivity index (χ1n) is 13.7. The quantitative estimate of drug-likeness (QED) is 0.216. The number of fused-ring (bicyclic) bond motifs is 1. The standard InChI is InChI=1S/C31H32Cl2N8O2/c1-19-14-26(36-40(19)16-20(2)38(18-42)12-10-34)24-8-4-6-22(29(24)32)23-7-5-9-25(30(23)33)27-15-28-31(43)39(13-11-35)21(3)17-41(28)37-27/h4-9,14-18H,10-13,34-35H2,1-3H3/b20-16-. The van der Waals surface area contributed by atoms with E-state index in [1.165, 1.54) is 4.90 Å². The Morgan fingerprint density at radius 1 is 0.907 bits per heavy atom. The van der Waals surface area contributed by atoms with Gasteiger partial charge in [0.15, 0.2) is 0 Å². The van der Waals surface area contributed by atoms with Crippen LogP contribution < -0.4 is 17.0 Å². The maximum absolute atomic E-state index is 13.1. The number of nitrogens with zero attached hydrogens (tertiary/aromatic N) is 6. The molecule has 0 aliphatic rings. The maximum atomic E-state index is 13.1. The van der Waals surface area contributed by atoms with Gasteiger partial charge in [0.25, 0.3) is 5.56 Å². The molecule has 1 amide bonds. The summed E-state index contributed by atoms with van der Waals surface area (Å²) in [6.07, 6.45) is 4.34. The third-order valence-corrected chi connectivity index (χ3v) is 8.12. The summed E-state index contributed by atoms with van der Waals surface area (Å²) in [5, 5.41) is 10.3. The molecule has 3 heterocycles. The Balaban J connectivity index is 1.55. The van der Waals surface area contributed by atoms with Crippen molar-refractivity contribution in [1.82, 2.24) is 28.9 Å². The molecule has 0 fully saturated rings. The van der Waals surface area contributed by atoms with Crippen molar-refractivity contribution in [3.63, 3.8) is 0 Å². The first-order chi connectivity index (χ1) is 20.7. The summed E-state index contributed by atoms with van der Waals surface area (Å²) in [6.45, 7) is 7.14. The topological polar surface area (TPSA) is 129 Å². The highest BCUT2D eigenvalue weighted by atomic mass is 35.5. The van der Waals surface area contributed by atoms with Gasteiger partial charge in [0.1, 0.15) is 5.52 Å². The van der Waals surface area contributed by atoms with Crippen molar-refractivity contribution in [2.24, 2.45) is 11.5 Å². The van der Waals surface area contributed by atoms with Crippen LogP contribution in [-0.2, 0) is 11.3 Å². The minimum Gasteiger partial charge on any atom is -0.329 e. The second kappa shape index (κ2) is 12.6. The number of halogens is 2. The summed E-state index contributed by atoms with van der Waals surface area (Å²) in [5.74, 6) is 0. The number of carbonyl (C=O) groups is 1. The smallest absolute Gasteiger partial charge is 0.276 e. The molecule has 0 bridgehead atoms. The fourth-order valence-corrected chi connectivity index (χ4v) is 5.71. The van der Waals surface area contributed by atoms with Gasteiger partial charge < -0.3 is 20.9 Å². The van der Waals surface area contributed by atoms with Gasteiger partial charge in [0.05, 0.1) is 21.4 Å². The molecule has 2 aromatic carbocycles. The molecule has 222 valence electrons. The Hall–Kier alpha value is -4.22. The summed E-state index contributed by atoms with van der Waals surface area (Å²) >= 11 is 14.0. The van der Waals surface area contributed by atoms with E-state index in [-0.39, 0.29) is 5.56 Å². The van der Waals surface area contributed by atoms with Gasteiger partial charge >= 0.3 is 0 Å². The molecule has 0 unspecified atom stereocenters. The number of aromatic nitrogens is 5. The summed E-state index contributed by atoms with van der Waals surface area (Å²) < 4.78 is 4.93. The average molecular weight is 620 g/mol. The van der Waals surface area contributed by atoms with Crippen molar-refractivity contribution in [3.8, 4) is 33.6 Å². The number of allylic oxidation sites excluding steroid dienone is 1. The zero-order valence-corrected chi connectivity index (χ0v) is 25.6. The van der Waals surface area contributed by atoms with Gasteiger partial charge in [-0.2, -0.15) is 10.2 Å². The van der Waals surface area contributed by atoms with Gasteiger partial charge in [-0.3, -0.25) is 9.59 Å². The Bertz CT molecular complexity index is 1920. The first-order valence-corrected chi connectivity index (χ1v) is 14.5. The van der Waals surface area contributed by atoms with Crippen molar-refractivity contribution in [1.29, 1.82) is 0 Å². The second-order valence-corrected chi connectivity index (χ2v) is 10.9. The second-order valence-electron chi connectivity index (χ2n) is 10.2. The molecule has 12 heteroatoms. The van der Waals surface area contributed by atoms with Crippen LogP contribution in [0.5, 0.6) is 0 Å². The minimum atomic E-state index is -0.162. The Labute approximate surface area is 258 Å². The monoisotopic (exact) mass is 618 g/mol. The SMILES string of the molecule is C/C(=C/n1nc(-c2cccc(-c3cccc(-c4cc5c(=O)n(CCN)c(C)cn5n4)c3Cl)c2Cl)cc1C)N(C=O)CCN. The predicted octanol–water partition coefficient (Wildman–Crippen LogP) is 4.81. The summed E-state index contributed by atoms with van der Waals surface area (Å²) in [7, 11) is 0. The fourth-order valence-electron chi connectivity index (χ4n) is 5.06. The van der Waals surface area contributed by atoms with Gasteiger partial charge in [0, 0.05) is 77.9 Å². The van der Waals surface area contributed by atoms with E-state index >= 15 is 0 Å². The average Bonchev–Trinajstić information content (AvgIpc) is 3.57. The maximum Gasteiger partial charge on any atom is 0.276 e. The normalized spacial score (nSPS) is 11.8. The molecule has 3 aromatic heterocycles. The Morgan fingerprint density at radius 3 is 2.09 bits per heavy atom. The number of hydrogen-bond acceptors (Lipinski definition) is 6. The molecule has 43 heavy (non-hydrogen) atoms. The third kappa shape index (κ3) is 5.74. The minimum absolute atomic E-state index is 0.162. The lowest BCUT2D eigenvalue weighted by atomic mass is 9.98. The van der Waals surface area contributed by atoms with Crippen molar-refractivity contribution in [3.05, 3.63) is 92.2 Å². The molecule has 0 spiro atoms. The van der Waals surface area contributed by atoms with Crippen LogP contribution in [0.3, 0.4) is 0 Å². The van der Waals surface area contributed by atoms with Gasteiger partial charge in [-0.1, -0.05) is 59.6 Å². The largest absolute Gasteiger partial charge is 0.329 e. The molecular formula is C31H32Cl2N8O2. The molecule has 5 aromatic rings. The number of hydrogen-bond donors (Lipinski definition) is 2. The van der Waals surface area contributed by atoms with Crippen LogP contribution in [0.2, 0.25) is 10.0 Å². The van der Waals surface area contributed by atoms with Crippen LogP contribution in [0, 0.1) is 13.8 Å². The zero-order chi connectivity index (χ0) is 30.8. The molecule has 0 saturated carbocycles. The van der Waals surface area contributed by atoms with Crippen molar-refractivity contribution in [2.75, 3.05) is 19.6 Å². The zero-order valence-electron chi connectivity index (χ0n) is 24.1. The molecule has 4 N–H and O–H groups in total. The van der Waals surface area contributed by atoms with Gasteiger partial charge in [-0.05, 0) is 32.9 Å². The van der Waals surface area contributed by atoms with E-state index < -0.39 is 0 Å². The Morgan fingerprint density at radius 2 is 1.51 bits per heavy atom. The number of amides is 1. The number of nitrogens with two attached hydrogens (primary N) is 2. The molecule has 5 rings (SSSR count). The molecular weight excluding hydrogens is 587 g/mol. The number of rotatable bonds is 10. The van der Waals surface area contributed by atoms with Crippen LogP contribution in [-0.4, -0.2) is 54.9 Å². The highest BCUT2D eigenvalue weighted by Crippen LogP contribution is 2.42. The van der Waals surface area contributed by atoms with E-state index in [1.807, 2.05) is 63.2 Å². The van der Waals surface area contributed by atoms with E-state index in [2.05, 4.69) is 5.10 Å². The van der Waals surface area contributed by atoms with Crippen LogP contribution in [0.4, 0.5) is 0 Å². The third-order valence-electron chi connectivity index (χ3n) is 7.31. The van der Waals surface area contributed by atoms with E-state index in [4.69, 9.17) is 39.8 Å². The molecule has 0 aliphatic carbocycles. The predicted molar refractivity (Wildman–Crippen MR) is 172 cm³/mol. The van der Waals surface area contributed by atoms with E-state index in [0.29, 0.717) is 64.4 Å². The molecule has 0 aliphatic heterocycles. The number of aryl methyl sites for hydroxylation is 2. The van der Waals surface area contributed by atoms with Crippen LogP contribution in [0.25, 0.3) is 45.4 Å². The number of benzene rings is 2. The summed E-state index contributed by atoms with van der Waals surface area (Å²) in [4.78, 5) is 26.1. The van der Waals surface area contributed by atoms with Crippen molar-refractivity contribution >= 4 is 41.3 Å². The van der Waals surface area contributed by atoms with E-state index in [1.54, 1.807) is 32.2 Å². The highest BCUT2D eigenvalue weighted by molar-refractivity contribution is 6.39. The molecule has 0 radical (unpaired) electrons. The fraction of sp³-hybridized carbons (Fsp3) is 0.226. The molecule has 0 saturated heterocycles. The van der Waals surface area contributed by atoms with Crippen molar-refractivity contribution < 1.29 is 4.79 Å². The lowest BCUT2D eigenvalue weighted by Crippen LogP contribution is -2.27. The summed E-state index contributed by atoms with van der Waals surface area (Å²) in [6, 6.07) is 15.0. The summed E-state index contributed by atoms with van der Waals surface area (Å²) in [5.41, 5.74) is 18.0. The van der Waals surface area contributed by atoms with Gasteiger partial charge in [0.2, 0.25) is 6.41 Å².